The molecule has 2 heterocycles. The van der Waals surface area contributed by atoms with Gasteiger partial charge in [-0.1, -0.05) is 6.92 Å². The van der Waals surface area contributed by atoms with Gasteiger partial charge >= 0.3 is 0 Å². The number of hydrogen-bond donors (Lipinski definition) is 1. The van der Waals surface area contributed by atoms with E-state index in [1.807, 2.05) is 13.2 Å². The number of rotatable bonds is 3. The van der Waals surface area contributed by atoms with Crippen molar-refractivity contribution in [2.75, 3.05) is 13.1 Å². The van der Waals surface area contributed by atoms with Crippen LogP contribution in [-0.2, 0) is 18.3 Å². The first-order valence-electron chi connectivity index (χ1n) is 5.38. The Bertz CT molecular complexity index is 358. The van der Waals surface area contributed by atoms with E-state index in [-0.39, 0.29) is 5.92 Å². The molecule has 1 fully saturated rings. The third-order valence-electron chi connectivity index (χ3n) is 3.07. The van der Waals surface area contributed by atoms with Crippen LogP contribution in [0.5, 0.6) is 0 Å². The van der Waals surface area contributed by atoms with Crippen LogP contribution in [0, 0.1) is 11.8 Å². The number of aryl methyl sites for hydroxylation is 1. The molecular formula is C11H17N3O. The van der Waals surface area contributed by atoms with Crippen LogP contribution in [0.1, 0.15) is 12.5 Å². The first-order valence-corrected chi connectivity index (χ1v) is 5.38. The van der Waals surface area contributed by atoms with E-state index in [1.165, 1.54) is 0 Å². The maximum Gasteiger partial charge on any atom is 0.142 e. The highest BCUT2D eigenvalue weighted by Gasteiger charge is 2.29. The van der Waals surface area contributed by atoms with Crippen LogP contribution >= 0.6 is 0 Å². The van der Waals surface area contributed by atoms with E-state index in [9.17, 15) is 4.79 Å². The van der Waals surface area contributed by atoms with E-state index in [2.05, 4.69) is 17.3 Å². The standard InChI is InChI=1S/C11H17N3O/c1-8-4-12-6-10(8)11(15)3-9-5-13-14(2)7-9/h5,7-8,10,12H,3-4,6H2,1-2H3. The zero-order valence-electron chi connectivity index (χ0n) is 9.23. The molecule has 0 aromatic carbocycles. The van der Waals surface area contributed by atoms with Crippen molar-refractivity contribution in [3.8, 4) is 0 Å². The highest BCUT2D eigenvalue weighted by molar-refractivity contribution is 5.83. The molecule has 0 amide bonds. The van der Waals surface area contributed by atoms with Gasteiger partial charge in [0.1, 0.15) is 5.78 Å². The lowest BCUT2D eigenvalue weighted by molar-refractivity contribution is -0.122. The van der Waals surface area contributed by atoms with Crippen molar-refractivity contribution >= 4 is 5.78 Å². The number of carbonyl (C=O) groups excluding carboxylic acids is 1. The molecule has 0 bridgehead atoms. The van der Waals surface area contributed by atoms with Gasteiger partial charge in [-0.05, 0) is 18.0 Å². The quantitative estimate of drug-likeness (QED) is 0.780. The van der Waals surface area contributed by atoms with Crippen LogP contribution in [0.2, 0.25) is 0 Å². The summed E-state index contributed by atoms with van der Waals surface area (Å²) in [5.74, 6) is 0.986. The average Bonchev–Trinajstić information content (AvgIpc) is 2.75. The molecule has 0 radical (unpaired) electrons. The van der Waals surface area contributed by atoms with Crippen molar-refractivity contribution in [2.24, 2.45) is 18.9 Å². The summed E-state index contributed by atoms with van der Waals surface area (Å²) < 4.78 is 1.74. The Morgan fingerprint density at radius 2 is 2.47 bits per heavy atom. The molecule has 15 heavy (non-hydrogen) atoms. The molecular weight excluding hydrogens is 190 g/mol. The van der Waals surface area contributed by atoms with Crippen molar-refractivity contribution in [1.82, 2.24) is 15.1 Å². The smallest absolute Gasteiger partial charge is 0.142 e. The second-order valence-corrected chi connectivity index (χ2v) is 4.41. The van der Waals surface area contributed by atoms with Gasteiger partial charge < -0.3 is 5.32 Å². The first kappa shape index (κ1) is 10.4. The van der Waals surface area contributed by atoms with E-state index in [4.69, 9.17) is 0 Å². The minimum atomic E-state index is 0.185. The Hall–Kier alpha value is -1.16. The van der Waals surface area contributed by atoms with Crippen molar-refractivity contribution in [2.45, 2.75) is 13.3 Å². The normalized spacial score (nSPS) is 25.7. The third-order valence-corrected chi connectivity index (χ3v) is 3.07. The van der Waals surface area contributed by atoms with E-state index in [0.717, 1.165) is 18.7 Å². The molecule has 1 saturated heterocycles. The first-order chi connectivity index (χ1) is 7.16. The van der Waals surface area contributed by atoms with Gasteiger partial charge in [-0.2, -0.15) is 5.10 Å². The summed E-state index contributed by atoms with van der Waals surface area (Å²) in [6, 6.07) is 0. The van der Waals surface area contributed by atoms with Crippen molar-refractivity contribution in [3.05, 3.63) is 18.0 Å². The van der Waals surface area contributed by atoms with Crippen LogP contribution in [0.25, 0.3) is 0 Å². The monoisotopic (exact) mass is 207 g/mol. The van der Waals surface area contributed by atoms with Crippen molar-refractivity contribution in [3.63, 3.8) is 0 Å². The maximum atomic E-state index is 12.0. The summed E-state index contributed by atoms with van der Waals surface area (Å²) in [5, 5.41) is 7.32. The molecule has 2 unspecified atom stereocenters. The molecule has 2 atom stereocenters. The predicted octanol–water partition coefficient (Wildman–Crippen LogP) is 0.387. The van der Waals surface area contributed by atoms with Crippen molar-refractivity contribution in [1.29, 1.82) is 0 Å². The Kier molecular flexibility index (Phi) is 2.86. The molecule has 1 aliphatic rings. The van der Waals surface area contributed by atoms with Gasteiger partial charge in [0.25, 0.3) is 0 Å². The molecule has 2 rings (SSSR count). The topological polar surface area (TPSA) is 46.9 Å². The zero-order valence-corrected chi connectivity index (χ0v) is 9.23. The number of Topliss-reactive ketones (excluding diaryl/α,β-unsaturated/α-hetero) is 1. The molecule has 0 aliphatic carbocycles. The van der Waals surface area contributed by atoms with Crippen LogP contribution in [0.4, 0.5) is 0 Å². The molecule has 1 N–H and O–H groups in total. The van der Waals surface area contributed by atoms with Crippen LogP contribution in [0.15, 0.2) is 12.4 Å². The largest absolute Gasteiger partial charge is 0.316 e. The molecule has 0 spiro atoms. The fraction of sp³-hybridized carbons (Fsp3) is 0.636. The zero-order chi connectivity index (χ0) is 10.8. The van der Waals surface area contributed by atoms with E-state index in [1.54, 1.807) is 10.9 Å². The molecule has 1 aliphatic heterocycles. The van der Waals surface area contributed by atoms with Gasteiger partial charge in [-0.15, -0.1) is 0 Å². The fourth-order valence-electron chi connectivity index (χ4n) is 2.14. The Labute approximate surface area is 89.7 Å². The Balaban J connectivity index is 1.97. The third kappa shape index (κ3) is 2.26. The lowest BCUT2D eigenvalue weighted by atomic mass is 9.91. The molecule has 4 heteroatoms. The van der Waals surface area contributed by atoms with Crippen LogP contribution in [0.3, 0.4) is 0 Å². The molecule has 4 nitrogen and oxygen atoms in total. The van der Waals surface area contributed by atoms with Crippen molar-refractivity contribution < 1.29 is 4.79 Å². The Morgan fingerprint density at radius 1 is 1.67 bits per heavy atom. The second kappa shape index (κ2) is 4.14. The van der Waals surface area contributed by atoms with Gasteiger partial charge in [-0.3, -0.25) is 9.48 Å². The number of nitrogens with one attached hydrogen (secondary N) is 1. The van der Waals surface area contributed by atoms with Gasteiger partial charge in [-0.25, -0.2) is 0 Å². The predicted molar refractivity (Wildman–Crippen MR) is 57.4 cm³/mol. The summed E-state index contributed by atoms with van der Waals surface area (Å²) in [7, 11) is 1.87. The fourth-order valence-corrected chi connectivity index (χ4v) is 2.14. The number of hydrogen-bond acceptors (Lipinski definition) is 3. The minimum Gasteiger partial charge on any atom is -0.316 e. The lowest BCUT2D eigenvalue weighted by Crippen LogP contribution is -2.22. The SMILES string of the molecule is CC1CNCC1C(=O)Cc1cnn(C)c1. The van der Waals surface area contributed by atoms with Gasteiger partial charge in [0.2, 0.25) is 0 Å². The summed E-state index contributed by atoms with van der Waals surface area (Å²) >= 11 is 0. The lowest BCUT2D eigenvalue weighted by Gasteiger charge is -2.11. The summed E-state index contributed by atoms with van der Waals surface area (Å²) in [5.41, 5.74) is 1.02. The average molecular weight is 207 g/mol. The maximum absolute atomic E-state index is 12.0. The number of nitrogens with zero attached hydrogens (tertiary/aromatic N) is 2. The van der Waals surface area contributed by atoms with Gasteiger partial charge in [0, 0.05) is 32.1 Å². The van der Waals surface area contributed by atoms with Gasteiger partial charge in [0.05, 0.1) is 6.20 Å². The molecule has 0 saturated carbocycles. The Morgan fingerprint density at radius 3 is 3.00 bits per heavy atom. The minimum absolute atomic E-state index is 0.185. The number of ketones is 1. The van der Waals surface area contributed by atoms with E-state index < -0.39 is 0 Å². The summed E-state index contributed by atoms with van der Waals surface area (Å²) in [6.45, 7) is 3.93. The van der Waals surface area contributed by atoms with E-state index in [0.29, 0.717) is 18.1 Å². The van der Waals surface area contributed by atoms with Gasteiger partial charge in [0.15, 0.2) is 0 Å². The summed E-state index contributed by atoms with van der Waals surface area (Å²) in [4.78, 5) is 12.0. The molecule has 82 valence electrons. The molecule has 1 aromatic heterocycles. The second-order valence-electron chi connectivity index (χ2n) is 4.41. The highest BCUT2D eigenvalue weighted by atomic mass is 16.1. The highest BCUT2D eigenvalue weighted by Crippen LogP contribution is 2.18. The van der Waals surface area contributed by atoms with E-state index >= 15 is 0 Å². The number of aromatic nitrogens is 2. The number of carbonyl (C=O) groups is 1. The van der Waals surface area contributed by atoms with Crippen LogP contribution < -0.4 is 5.32 Å². The summed E-state index contributed by atoms with van der Waals surface area (Å²) in [6.07, 6.45) is 4.19. The molecule has 1 aromatic rings. The van der Waals surface area contributed by atoms with Crippen LogP contribution in [-0.4, -0.2) is 28.7 Å².